The zero-order chi connectivity index (χ0) is 17.7. The molecular formula is C20H17N3O3. The second-order valence-corrected chi connectivity index (χ2v) is 6.27. The molecule has 0 aliphatic carbocycles. The van der Waals surface area contributed by atoms with Crippen molar-refractivity contribution in [1.29, 1.82) is 0 Å². The van der Waals surface area contributed by atoms with Crippen LogP contribution in [-0.4, -0.2) is 16.2 Å². The third kappa shape index (κ3) is 2.30. The van der Waals surface area contributed by atoms with Gasteiger partial charge in [-0.05, 0) is 50.2 Å². The van der Waals surface area contributed by atoms with Crippen molar-refractivity contribution in [3.05, 3.63) is 60.0 Å². The van der Waals surface area contributed by atoms with E-state index in [-0.39, 0.29) is 6.79 Å². The summed E-state index contributed by atoms with van der Waals surface area (Å²) in [4.78, 5) is 4.78. The molecule has 0 fully saturated rings. The van der Waals surface area contributed by atoms with Gasteiger partial charge in [0.15, 0.2) is 17.3 Å². The summed E-state index contributed by atoms with van der Waals surface area (Å²) in [5.41, 5.74) is 3.60. The van der Waals surface area contributed by atoms with E-state index in [1.54, 1.807) is 0 Å². The van der Waals surface area contributed by atoms with Crippen LogP contribution in [0, 0.1) is 13.8 Å². The van der Waals surface area contributed by atoms with Crippen LogP contribution in [0.25, 0.3) is 17.1 Å². The van der Waals surface area contributed by atoms with Crippen LogP contribution >= 0.6 is 0 Å². The highest BCUT2D eigenvalue weighted by atomic mass is 16.7. The Kier molecular flexibility index (Phi) is 3.18. The Bertz CT molecular complexity index is 1130. The van der Waals surface area contributed by atoms with Gasteiger partial charge in [0.05, 0.1) is 0 Å². The van der Waals surface area contributed by atoms with Crippen molar-refractivity contribution >= 4 is 17.2 Å². The molecule has 0 bridgehead atoms. The maximum absolute atomic E-state index is 5.83. The van der Waals surface area contributed by atoms with Crippen LogP contribution in [0.2, 0.25) is 0 Å². The first kappa shape index (κ1) is 14.9. The van der Waals surface area contributed by atoms with E-state index in [9.17, 15) is 0 Å². The topological polar surface area (TPSA) is 60.9 Å². The third-order valence-electron chi connectivity index (χ3n) is 4.45. The van der Waals surface area contributed by atoms with Crippen molar-refractivity contribution in [3.63, 3.8) is 0 Å². The van der Waals surface area contributed by atoms with Crippen LogP contribution in [0.15, 0.2) is 52.9 Å². The van der Waals surface area contributed by atoms with Crippen LogP contribution < -0.4 is 14.8 Å². The van der Waals surface area contributed by atoms with Gasteiger partial charge >= 0.3 is 0 Å². The normalized spacial score (nSPS) is 12.7. The number of benzene rings is 1. The molecule has 0 unspecified atom stereocenters. The maximum atomic E-state index is 5.83. The second kappa shape index (κ2) is 5.56. The second-order valence-electron chi connectivity index (χ2n) is 6.27. The van der Waals surface area contributed by atoms with Gasteiger partial charge in [0.1, 0.15) is 22.9 Å². The summed E-state index contributed by atoms with van der Waals surface area (Å²) < 4.78 is 18.8. The van der Waals surface area contributed by atoms with E-state index in [1.807, 2.05) is 49.4 Å². The van der Waals surface area contributed by atoms with Gasteiger partial charge in [-0.15, -0.1) is 0 Å². The van der Waals surface area contributed by atoms with E-state index < -0.39 is 0 Å². The third-order valence-corrected chi connectivity index (χ3v) is 4.45. The minimum absolute atomic E-state index is 0.254. The molecule has 1 N–H and O–H groups in total. The standard InChI is InChI=1S/C20H17N3O3/c1-12-4-3-5-18-22-19(16-8-6-13(2)26-16)20(23(12)18)21-14-7-9-15-17(10-14)25-11-24-15/h3-10,21H,11H2,1-2H3. The van der Waals surface area contributed by atoms with Gasteiger partial charge < -0.3 is 19.2 Å². The highest BCUT2D eigenvalue weighted by molar-refractivity contribution is 5.78. The molecule has 1 aromatic carbocycles. The van der Waals surface area contributed by atoms with Gasteiger partial charge in [0.25, 0.3) is 0 Å². The zero-order valence-electron chi connectivity index (χ0n) is 14.4. The van der Waals surface area contributed by atoms with E-state index in [4.69, 9.17) is 18.9 Å². The predicted octanol–water partition coefficient (Wildman–Crippen LogP) is 4.68. The number of anilines is 2. The van der Waals surface area contributed by atoms with E-state index in [0.717, 1.165) is 51.6 Å². The number of nitrogens with zero attached hydrogens (tertiary/aromatic N) is 2. The minimum atomic E-state index is 0.254. The number of aromatic nitrogens is 2. The Morgan fingerprint density at radius 3 is 2.73 bits per heavy atom. The lowest BCUT2D eigenvalue weighted by Crippen LogP contribution is -1.99. The number of fused-ring (bicyclic) bond motifs is 2. The van der Waals surface area contributed by atoms with Gasteiger partial charge in [-0.1, -0.05) is 6.07 Å². The van der Waals surface area contributed by atoms with Crippen molar-refractivity contribution in [2.45, 2.75) is 13.8 Å². The fourth-order valence-electron chi connectivity index (χ4n) is 3.21. The van der Waals surface area contributed by atoms with Gasteiger partial charge in [0, 0.05) is 17.4 Å². The number of furan rings is 1. The molecular weight excluding hydrogens is 330 g/mol. The SMILES string of the molecule is Cc1ccc(-c2nc3cccc(C)n3c2Nc2ccc3c(c2)OCO3)o1. The Morgan fingerprint density at radius 2 is 1.88 bits per heavy atom. The Hall–Kier alpha value is -3.41. The smallest absolute Gasteiger partial charge is 0.231 e. The highest BCUT2D eigenvalue weighted by Crippen LogP contribution is 2.37. The average molecular weight is 347 g/mol. The Balaban J connectivity index is 1.67. The van der Waals surface area contributed by atoms with Crippen molar-refractivity contribution in [3.8, 4) is 23.0 Å². The average Bonchev–Trinajstić information content (AvgIpc) is 3.33. The molecule has 0 spiro atoms. The van der Waals surface area contributed by atoms with E-state index in [2.05, 4.69) is 22.7 Å². The number of hydrogen-bond acceptors (Lipinski definition) is 5. The summed E-state index contributed by atoms with van der Waals surface area (Å²) in [6, 6.07) is 15.7. The number of nitrogens with one attached hydrogen (secondary N) is 1. The lowest BCUT2D eigenvalue weighted by molar-refractivity contribution is 0.174. The predicted molar refractivity (Wildman–Crippen MR) is 98.2 cm³/mol. The summed E-state index contributed by atoms with van der Waals surface area (Å²) >= 11 is 0. The number of imidazole rings is 1. The summed E-state index contributed by atoms with van der Waals surface area (Å²) in [6.45, 7) is 4.23. The summed E-state index contributed by atoms with van der Waals surface area (Å²) in [5, 5.41) is 3.48. The van der Waals surface area contributed by atoms with Gasteiger partial charge in [-0.2, -0.15) is 0 Å². The van der Waals surface area contributed by atoms with Crippen LogP contribution in [0.3, 0.4) is 0 Å². The molecule has 0 atom stereocenters. The molecule has 4 aromatic rings. The van der Waals surface area contributed by atoms with Crippen molar-refractivity contribution in [2.24, 2.45) is 0 Å². The van der Waals surface area contributed by atoms with Crippen LogP contribution in [0.1, 0.15) is 11.5 Å². The molecule has 6 heteroatoms. The quantitative estimate of drug-likeness (QED) is 0.583. The van der Waals surface area contributed by atoms with E-state index in [0.29, 0.717) is 0 Å². The molecule has 0 radical (unpaired) electrons. The number of aryl methyl sites for hydroxylation is 2. The molecule has 26 heavy (non-hydrogen) atoms. The summed E-state index contributed by atoms with van der Waals surface area (Å²) in [6.07, 6.45) is 0. The fourth-order valence-corrected chi connectivity index (χ4v) is 3.21. The molecule has 6 nitrogen and oxygen atoms in total. The van der Waals surface area contributed by atoms with Gasteiger partial charge in [-0.3, -0.25) is 4.40 Å². The molecule has 0 saturated carbocycles. The number of pyridine rings is 1. The lowest BCUT2D eigenvalue weighted by atomic mass is 10.2. The number of hydrogen-bond donors (Lipinski definition) is 1. The monoisotopic (exact) mass is 347 g/mol. The minimum Gasteiger partial charge on any atom is -0.460 e. The molecule has 0 amide bonds. The Morgan fingerprint density at radius 1 is 1.00 bits per heavy atom. The molecule has 130 valence electrons. The largest absolute Gasteiger partial charge is 0.460 e. The number of rotatable bonds is 3. The molecule has 1 aliphatic rings. The van der Waals surface area contributed by atoms with Crippen LogP contribution in [0.4, 0.5) is 11.5 Å². The Labute approximate surface area is 150 Å². The summed E-state index contributed by atoms with van der Waals surface area (Å²) in [7, 11) is 0. The molecule has 0 saturated heterocycles. The van der Waals surface area contributed by atoms with Crippen molar-refractivity contribution < 1.29 is 13.9 Å². The number of ether oxygens (including phenoxy) is 2. The van der Waals surface area contributed by atoms with E-state index in [1.165, 1.54) is 0 Å². The first-order valence-electron chi connectivity index (χ1n) is 8.40. The molecule has 3 aromatic heterocycles. The van der Waals surface area contributed by atoms with E-state index >= 15 is 0 Å². The molecule has 4 heterocycles. The fraction of sp³-hybridized carbons (Fsp3) is 0.150. The summed E-state index contributed by atoms with van der Waals surface area (Å²) in [5.74, 6) is 3.92. The highest BCUT2D eigenvalue weighted by Gasteiger charge is 2.19. The zero-order valence-corrected chi connectivity index (χ0v) is 14.4. The van der Waals surface area contributed by atoms with Crippen molar-refractivity contribution in [1.82, 2.24) is 9.38 Å². The first-order chi connectivity index (χ1) is 12.7. The van der Waals surface area contributed by atoms with Gasteiger partial charge in [-0.25, -0.2) is 4.98 Å². The molecule has 5 rings (SSSR count). The van der Waals surface area contributed by atoms with Gasteiger partial charge in [0.2, 0.25) is 6.79 Å². The lowest BCUT2D eigenvalue weighted by Gasteiger charge is -2.10. The maximum Gasteiger partial charge on any atom is 0.231 e. The molecule has 1 aliphatic heterocycles. The first-order valence-corrected chi connectivity index (χ1v) is 8.40. The van der Waals surface area contributed by atoms with Crippen molar-refractivity contribution in [2.75, 3.05) is 12.1 Å². The van der Waals surface area contributed by atoms with Crippen LogP contribution in [0.5, 0.6) is 11.5 Å². The van der Waals surface area contributed by atoms with Crippen LogP contribution in [-0.2, 0) is 0 Å².